The Kier molecular flexibility index (Phi) is 1.29. The van der Waals surface area contributed by atoms with Crippen molar-refractivity contribution >= 4 is 5.82 Å². The van der Waals surface area contributed by atoms with Crippen LogP contribution in [0.4, 0.5) is 10.2 Å². The summed E-state index contributed by atoms with van der Waals surface area (Å²) >= 11 is 0. The Bertz CT molecular complexity index is 311. The number of aromatic nitrogens is 2. The third kappa shape index (κ3) is 0.903. The Hall–Kier alpha value is -1.59. The molecule has 0 aliphatic heterocycles. The molecule has 4 N–H and O–H groups in total. The molecule has 0 fully saturated rings. The van der Waals surface area contributed by atoms with E-state index in [-0.39, 0.29) is 1.43 Å². The van der Waals surface area contributed by atoms with Gasteiger partial charge in [0.05, 0.1) is 6.20 Å². The Morgan fingerprint density at radius 2 is 2.40 bits per heavy atom. The van der Waals surface area contributed by atoms with Crippen molar-refractivity contribution in [2.24, 2.45) is 0 Å². The largest absolute Gasteiger partial charge is 1.00 e. The Morgan fingerprint density at radius 3 is 2.90 bits per heavy atom. The lowest BCUT2D eigenvalue weighted by Gasteiger charge is -1.96. The molecule has 0 amide bonds. The zero-order valence-electron chi connectivity index (χ0n) is 5.91. The molecule has 0 saturated heterocycles. The van der Waals surface area contributed by atoms with Crippen LogP contribution >= 0.6 is 0 Å². The summed E-state index contributed by atoms with van der Waals surface area (Å²) in [5.74, 6) is 3.69. The average Bonchev–Trinajstić information content (AvgIpc) is 1.84. The lowest BCUT2D eigenvalue weighted by Crippen LogP contribution is -2.30. The van der Waals surface area contributed by atoms with Crippen molar-refractivity contribution in [2.45, 2.75) is 0 Å². The maximum absolute atomic E-state index is 12.3. The van der Waals surface area contributed by atoms with Gasteiger partial charge in [0.15, 0.2) is 11.6 Å². The maximum atomic E-state index is 12.3. The summed E-state index contributed by atoms with van der Waals surface area (Å²) < 4.78 is 12.9. The fraction of sp³-hybridized carbons (Fsp3) is 0. The number of rotatable bonds is 0. The zero-order valence-corrected chi connectivity index (χ0v) is 4.91. The quantitative estimate of drug-likeness (QED) is 0.448. The van der Waals surface area contributed by atoms with E-state index in [1.165, 1.54) is 0 Å². The first kappa shape index (κ1) is 6.53. The van der Waals surface area contributed by atoms with Crippen LogP contribution in [0, 0.1) is 5.82 Å². The fourth-order valence-electron chi connectivity index (χ4n) is 0.458. The minimum absolute atomic E-state index is 0. The molecule has 1 rings (SSSR count). The van der Waals surface area contributed by atoms with Gasteiger partial charge in [-0.2, -0.15) is 4.98 Å². The normalized spacial score (nSPS) is 9.70. The van der Waals surface area contributed by atoms with Gasteiger partial charge in [-0.3, -0.25) is 0 Å². The highest BCUT2D eigenvalue weighted by atomic mass is 19.1. The van der Waals surface area contributed by atoms with Crippen LogP contribution in [0.2, 0.25) is 0 Å². The van der Waals surface area contributed by atoms with Gasteiger partial charge >= 0.3 is 7.12 Å². The minimum atomic E-state index is -0.804. The second-order valence-corrected chi connectivity index (χ2v) is 1.66. The molecule has 0 bridgehead atoms. The number of nitrogens with zero attached hydrogens (tertiary/aromatic N) is 2. The van der Waals surface area contributed by atoms with E-state index in [2.05, 4.69) is 4.98 Å². The molecule has 0 aliphatic carbocycles. The van der Waals surface area contributed by atoms with Crippen LogP contribution < -0.4 is 17.3 Å². The third-order valence-electron chi connectivity index (χ3n) is 0.934. The molecular weight excluding hydrogens is 139 g/mol. The van der Waals surface area contributed by atoms with E-state index in [0.717, 1.165) is 6.20 Å². The van der Waals surface area contributed by atoms with Crippen LogP contribution in [-0.2, 0) is 0 Å². The summed E-state index contributed by atoms with van der Waals surface area (Å²) in [5, 5.41) is 0. The Labute approximate surface area is 56.5 Å². The van der Waals surface area contributed by atoms with Gasteiger partial charge in [-0.05, 0) is 0 Å². The van der Waals surface area contributed by atoms with E-state index in [9.17, 15) is 9.18 Å². The van der Waals surface area contributed by atoms with Crippen LogP contribution in [0.15, 0.2) is 11.0 Å². The number of nitrogen functional groups attached to an aromatic ring is 2. The topological polar surface area (TPSA) is 86.9 Å². The minimum Gasteiger partial charge on any atom is -0.381 e. The number of halogens is 1. The average molecular weight is 145 g/mol. The summed E-state index contributed by atoms with van der Waals surface area (Å²) in [6.07, 6.45) is 0.769. The second kappa shape index (κ2) is 1.98. The van der Waals surface area contributed by atoms with Crippen molar-refractivity contribution in [3.05, 3.63) is 22.5 Å². The molecule has 1 heterocycles. The lowest BCUT2D eigenvalue weighted by molar-refractivity contribution is 0.603. The van der Waals surface area contributed by atoms with Crippen molar-refractivity contribution in [1.29, 1.82) is 0 Å². The molecule has 0 unspecified atom stereocenters. The van der Waals surface area contributed by atoms with E-state index in [1.54, 1.807) is 0 Å². The number of hydrogen-bond donors (Lipinski definition) is 2. The molecule has 1 aromatic heterocycles. The van der Waals surface area contributed by atoms with Crippen molar-refractivity contribution in [3.8, 4) is 0 Å². The summed E-state index contributed by atoms with van der Waals surface area (Å²) in [4.78, 5) is 13.5. The highest BCUT2D eigenvalue weighted by molar-refractivity contribution is 5.26. The molecule has 0 radical (unpaired) electrons. The number of anilines is 1. The summed E-state index contributed by atoms with van der Waals surface area (Å²) in [6.45, 7) is 0. The van der Waals surface area contributed by atoms with Crippen molar-refractivity contribution in [2.75, 3.05) is 11.6 Å². The van der Waals surface area contributed by atoms with E-state index in [4.69, 9.17) is 11.6 Å². The van der Waals surface area contributed by atoms with Crippen LogP contribution in [0.1, 0.15) is 1.43 Å². The van der Waals surface area contributed by atoms with Gasteiger partial charge in [0.1, 0.15) is 0 Å². The van der Waals surface area contributed by atoms with Crippen molar-refractivity contribution in [1.82, 2.24) is 9.66 Å². The fourth-order valence-corrected chi connectivity index (χ4v) is 0.458. The Balaban J connectivity index is 0.000001000. The highest BCUT2D eigenvalue weighted by Crippen LogP contribution is 1.98. The molecule has 0 atom stereocenters. The Morgan fingerprint density at radius 1 is 1.80 bits per heavy atom. The number of hydrogen-bond acceptors (Lipinski definition) is 4. The monoisotopic (exact) mass is 145 g/mol. The van der Waals surface area contributed by atoms with Crippen LogP contribution in [0.3, 0.4) is 0 Å². The van der Waals surface area contributed by atoms with Gasteiger partial charge in [0, 0.05) is 0 Å². The van der Waals surface area contributed by atoms with Gasteiger partial charge in [0.25, 0.3) is 0 Å². The first-order chi connectivity index (χ1) is 4.61. The third-order valence-corrected chi connectivity index (χ3v) is 0.934. The van der Waals surface area contributed by atoms with E-state index < -0.39 is 17.3 Å². The first-order valence-electron chi connectivity index (χ1n) is 2.41. The van der Waals surface area contributed by atoms with Gasteiger partial charge in [0.2, 0.25) is 0 Å². The van der Waals surface area contributed by atoms with E-state index in [0.29, 0.717) is 4.68 Å². The molecule has 10 heavy (non-hydrogen) atoms. The molecule has 0 aliphatic rings. The molecule has 0 saturated carbocycles. The molecule has 54 valence electrons. The molecule has 0 spiro atoms. The predicted molar refractivity (Wildman–Crippen MR) is 34.1 cm³/mol. The van der Waals surface area contributed by atoms with Crippen molar-refractivity contribution < 1.29 is 5.82 Å². The summed E-state index contributed by atoms with van der Waals surface area (Å²) in [6, 6.07) is 0. The molecular formula is C4H6FN4O+. The van der Waals surface area contributed by atoms with Crippen LogP contribution in [0.5, 0.6) is 0 Å². The zero-order chi connectivity index (χ0) is 7.72. The van der Waals surface area contributed by atoms with Crippen LogP contribution in [-0.4, -0.2) is 9.66 Å². The predicted octanol–water partition coefficient (Wildman–Crippen LogP) is -1.21. The maximum Gasteiger partial charge on any atom is 1.00 e. The van der Waals surface area contributed by atoms with E-state index in [1.807, 2.05) is 0 Å². The van der Waals surface area contributed by atoms with Gasteiger partial charge < -0.3 is 11.6 Å². The molecule has 6 heteroatoms. The van der Waals surface area contributed by atoms with Crippen molar-refractivity contribution in [3.63, 3.8) is 0 Å². The standard InChI is InChI=1S/C4H5FN4O/c5-2-1-9(7)4(10)8-3(2)6/h1H,7H2,(H2,6,8,10)/p+1. The number of nitrogens with two attached hydrogens (primary N) is 2. The summed E-state index contributed by atoms with van der Waals surface area (Å²) in [7, 11) is 0. The lowest BCUT2D eigenvalue weighted by atomic mass is 10.6. The van der Waals surface area contributed by atoms with E-state index >= 15 is 0 Å². The highest BCUT2D eigenvalue weighted by Gasteiger charge is 2.00. The molecule has 1 aromatic rings. The van der Waals surface area contributed by atoms with Gasteiger partial charge in [-0.15, -0.1) is 0 Å². The van der Waals surface area contributed by atoms with Gasteiger partial charge in [-0.1, -0.05) is 0 Å². The summed E-state index contributed by atoms with van der Waals surface area (Å²) in [5.41, 5.74) is 4.16. The smallest absolute Gasteiger partial charge is 0.381 e. The first-order valence-corrected chi connectivity index (χ1v) is 2.41. The van der Waals surface area contributed by atoms with Gasteiger partial charge in [-0.25, -0.2) is 13.9 Å². The SMILES string of the molecule is Nc1nc(=O)n(N)cc1F.[H+]. The molecule has 5 nitrogen and oxygen atoms in total. The second-order valence-electron chi connectivity index (χ2n) is 1.66. The molecule has 0 aromatic carbocycles. The van der Waals surface area contributed by atoms with Crippen LogP contribution in [0.25, 0.3) is 0 Å².